The SMILES string of the molecule is COc1ccc(C(C)(C)CNC(=O)CC2COCCN2)cc1. The predicted octanol–water partition coefficient (Wildman–Crippen LogP) is 1.47. The second-order valence-electron chi connectivity index (χ2n) is 6.32. The molecule has 122 valence electrons. The van der Waals surface area contributed by atoms with Crippen LogP contribution in [0.15, 0.2) is 24.3 Å². The van der Waals surface area contributed by atoms with Gasteiger partial charge in [-0.05, 0) is 17.7 Å². The van der Waals surface area contributed by atoms with Gasteiger partial charge < -0.3 is 20.1 Å². The number of hydrogen-bond donors (Lipinski definition) is 2. The summed E-state index contributed by atoms with van der Waals surface area (Å²) >= 11 is 0. The van der Waals surface area contributed by atoms with E-state index in [2.05, 4.69) is 24.5 Å². The van der Waals surface area contributed by atoms with Crippen LogP contribution in [-0.2, 0) is 14.9 Å². The Balaban J connectivity index is 1.83. The Bertz CT molecular complexity index is 479. The van der Waals surface area contributed by atoms with Gasteiger partial charge in [0.1, 0.15) is 5.75 Å². The lowest BCUT2D eigenvalue weighted by atomic mass is 9.84. The molecule has 0 spiro atoms. The molecule has 1 unspecified atom stereocenters. The van der Waals surface area contributed by atoms with Gasteiger partial charge in [0, 0.05) is 31.0 Å². The van der Waals surface area contributed by atoms with Gasteiger partial charge in [-0.2, -0.15) is 0 Å². The van der Waals surface area contributed by atoms with Gasteiger partial charge in [0.2, 0.25) is 5.91 Å². The van der Waals surface area contributed by atoms with Crippen LogP contribution in [0.2, 0.25) is 0 Å². The Kier molecular flexibility index (Phi) is 5.80. The van der Waals surface area contributed by atoms with E-state index in [0.717, 1.165) is 18.9 Å². The van der Waals surface area contributed by atoms with E-state index in [-0.39, 0.29) is 17.4 Å². The molecule has 1 fully saturated rings. The van der Waals surface area contributed by atoms with E-state index in [4.69, 9.17) is 9.47 Å². The largest absolute Gasteiger partial charge is 0.497 e. The van der Waals surface area contributed by atoms with Crippen LogP contribution in [-0.4, -0.2) is 45.4 Å². The Hall–Kier alpha value is -1.59. The second kappa shape index (κ2) is 7.61. The van der Waals surface area contributed by atoms with Crippen LogP contribution in [0.1, 0.15) is 25.8 Å². The zero-order valence-electron chi connectivity index (χ0n) is 13.6. The van der Waals surface area contributed by atoms with Gasteiger partial charge in [-0.1, -0.05) is 26.0 Å². The van der Waals surface area contributed by atoms with E-state index in [1.54, 1.807) is 7.11 Å². The summed E-state index contributed by atoms with van der Waals surface area (Å²) < 4.78 is 10.5. The van der Waals surface area contributed by atoms with Crippen molar-refractivity contribution in [2.75, 3.05) is 33.4 Å². The van der Waals surface area contributed by atoms with E-state index in [1.807, 2.05) is 24.3 Å². The molecule has 1 aromatic carbocycles. The maximum Gasteiger partial charge on any atom is 0.221 e. The minimum Gasteiger partial charge on any atom is -0.497 e. The molecule has 0 aromatic heterocycles. The molecule has 1 heterocycles. The third-order valence-corrected chi connectivity index (χ3v) is 4.03. The minimum absolute atomic E-state index is 0.0598. The number of morpholine rings is 1. The van der Waals surface area contributed by atoms with Crippen molar-refractivity contribution >= 4 is 5.91 Å². The molecule has 1 atom stereocenters. The summed E-state index contributed by atoms with van der Waals surface area (Å²) in [4.78, 5) is 12.1. The number of amides is 1. The highest BCUT2D eigenvalue weighted by Crippen LogP contribution is 2.24. The van der Waals surface area contributed by atoms with Gasteiger partial charge in [0.05, 0.1) is 20.3 Å². The summed E-state index contributed by atoms with van der Waals surface area (Å²) in [6.45, 7) is 6.99. The van der Waals surface area contributed by atoms with E-state index < -0.39 is 0 Å². The molecule has 0 bridgehead atoms. The Morgan fingerprint density at radius 1 is 1.41 bits per heavy atom. The summed E-state index contributed by atoms with van der Waals surface area (Å²) in [6, 6.07) is 8.10. The quantitative estimate of drug-likeness (QED) is 0.835. The molecule has 22 heavy (non-hydrogen) atoms. The molecule has 1 aliphatic rings. The second-order valence-corrected chi connectivity index (χ2v) is 6.32. The summed E-state index contributed by atoms with van der Waals surface area (Å²) in [5.41, 5.74) is 1.05. The lowest BCUT2D eigenvalue weighted by Crippen LogP contribution is -2.45. The van der Waals surface area contributed by atoms with Crippen LogP contribution in [0, 0.1) is 0 Å². The highest BCUT2D eigenvalue weighted by molar-refractivity contribution is 5.76. The molecule has 0 saturated carbocycles. The van der Waals surface area contributed by atoms with Crippen LogP contribution in [0.3, 0.4) is 0 Å². The van der Waals surface area contributed by atoms with Crippen molar-refractivity contribution in [2.24, 2.45) is 0 Å². The summed E-state index contributed by atoms with van der Waals surface area (Å²) in [7, 11) is 1.66. The Labute approximate surface area is 132 Å². The molecule has 0 aliphatic carbocycles. The van der Waals surface area contributed by atoms with Gasteiger partial charge in [0.15, 0.2) is 0 Å². The number of ether oxygens (including phenoxy) is 2. The monoisotopic (exact) mass is 306 g/mol. The zero-order chi connectivity index (χ0) is 16.0. The summed E-state index contributed by atoms with van der Waals surface area (Å²) in [5, 5.41) is 6.32. The number of carbonyl (C=O) groups is 1. The highest BCUT2D eigenvalue weighted by Gasteiger charge is 2.23. The molecule has 0 radical (unpaired) electrons. The van der Waals surface area contributed by atoms with Crippen molar-refractivity contribution in [2.45, 2.75) is 31.7 Å². The van der Waals surface area contributed by atoms with E-state index >= 15 is 0 Å². The normalized spacial score (nSPS) is 18.8. The maximum absolute atomic E-state index is 12.1. The Morgan fingerprint density at radius 2 is 2.14 bits per heavy atom. The van der Waals surface area contributed by atoms with Crippen LogP contribution in [0.4, 0.5) is 0 Å². The predicted molar refractivity (Wildman–Crippen MR) is 86.3 cm³/mol. The topological polar surface area (TPSA) is 59.6 Å². The lowest BCUT2D eigenvalue weighted by Gasteiger charge is -2.27. The van der Waals surface area contributed by atoms with Gasteiger partial charge in [0.25, 0.3) is 0 Å². The molecule has 1 aromatic rings. The number of methoxy groups -OCH3 is 1. The van der Waals surface area contributed by atoms with Gasteiger partial charge in [-0.3, -0.25) is 4.79 Å². The van der Waals surface area contributed by atoms with Crippen LogP contribution >= 0.6 is 0 Å². The number of carbonyl (C=O) groups excluding carboxylic acids is 1. The van der Waals surface area contributed by atoms with Crippen molar-refractivity contribution in [3.05, 3.63) is 29.8 Å². The molecule has 1 saturated heterocycles. The van der Waals surface area contributed by atoms with Gasteiger partial charge in [-0.15, -0.1) is 0 Å². The average Bonchev–Trinajstić information content (AvgIpc) is 2.54. The highest BCUT2D eigenvalue weighted by atomic mass is 16.5. The fourth-order valence-electron chi connectivity index (χ4n) is 2.51. The minimum atomic E-state index is -0.127. The Morgan fingerprint density at radius 3 is 2.73 bits per heavy atom. The van der Waals surface area contributed by atoms with E-state index in [9.17, 15) is 4.79 Å². The van der Waals surface area contributed by atoms with E-state index in [1.165, 1.54) is 5.56 Å². The number of rotatable bonds is 6. The third-order valence-electron chi connectivity index (χ3n) is 4.03. The molecular weight excluding hydrogens is 280 g/mol. The summed E-state index contributed by atoms with van der Waals surface area (Å²) in [5.74, 6) is 0.900. The molecule has 5 nitrogen and oxygen atoms in total. The molecular formula is C17H26N2O3. The first-order valence-electron chi connectivity index (χ1n) is 7.73. The standard InChI is InChI=1S/C17H26N2O3/c1-17(2,13-4-6-15(21-3)7-5-13)12-19-16(20)10-14-11-22-9-8-18-14/h4-7,14,18H,8-12H2,1-3H3,(H,19,20). The molecule has 1 aliphatic heterocycles. The number of nitrogens with one attached hydrogen (secondary N) is 2. The van der Waals surface area contributed by atoms with Gasteiger partial charge >= 0.3 is 0 Å². The maximum atomic E-state index is 12.1. The van der Waals surface area contributed by atoms with Crippen LogP contribution < -0.4 is 15.4 Å². The molecule has 5 heteroatoms. The van der Waals surface area contributed by atoms with Gasteiger partial charge in [-0.25, -0.2) is 0 Å². The van der Waals surface area contributed by atoms with Crippen LogP contribution in [0.5, 0.6) is 5.75 Å². The number of hydrogen-bond acceptors (Lipinski definition) is 4. The zero-order valence-corrected chi connectivity index (χ0v) is 13.6. The molecule has 2 rings (SSSR count). The van der Waals surface area contributed by atoms with Crippen molar-refractivity contribution in [3.8, 4) is 5.75 Å². The van der Waals surface area contributed by atoms with Crippen molar-refractivity contribution in [1.29, 1.82) is 0 Å². The fourth-order valence-corrected chi connectivity index (χ4v) is 2.51. The van der Waals surface area contributed by atoms with E-state index in [0.29, 0.717) is 19.6 Å². The smallest absolute Gasteiger partial charge is 0.221 e. The molecule has 1 amide bonds. The van der Waals surface area contributed by atoms with Crippen molar-refractivity contribution in [1.82, 2.24) is 10.6 Å². The fraction of sp³-hybridized carbons (Fsp3) is 0.588. The first-order valence-corrected chi connectivity index (χ1v) is 7.73. The lowest BCUT2D eigenvalue weighted by molar-refractivity contribution is -0.122. The first-order chi connectivity index (χ1) is 10.5. The van der Waals surface area contributed by atoms with Crippen molar-refractivity contribution in [3.63, 3.8) is 0 Å². The number of benzene rings is 1. The third kappa shape index (κ3) is 4.71. The summed E-state index contributed by atoms with van der Waals surface area (Å²) in [6.07, 6.45) is 0.457. The van der Waals surface area contributed by atoms with Crippen LogP contribution in [0.25, 0.3) is 0 Å². The first kappa shape index (κ1) is 16.8. The molecule has 2 N–H and O–H groups in total. The van der Waals surface area contributed by atoms with Crippen molar-refractivity contribution < 1.29 is 14.3 Å². The average molecular weight is 306 g/mol.